The summed E-state index contributed by atoms with van der Waals surface area (Å²) in [7, 11) is 1.33. The molecule has 5 nitrogen and oxygen atoms in total. The molecular formula is C19H20N2O3S. The van der Waals surface area contributed by atoms with E-state index in [2.05, 4.69) is 25.2 Å². The van der Waals surface area contributed by atoms with Crippen LogP contribution in [-0.4, -0.2) is 19.0 Å². The van der Waals surface area contributed by atoms with Crippen molar-refractivity contribution < 1.29 is 14.3 Å². The maximum atomic E-state index is 12.5. The number of nitrogens with zero attached hydrogens (tertiary/aromatic N) is 1. The zero-order chi connectivity index (χ0) is 18.4. The third-order valence-corrected chi connectivity index (χ3v) is 4.53. The lowest BCUT2D eigenvalue weighted by atomic mass is 10.0. The fourth-order valence-corrected chi connectivity index (χ4v) is 3.45. The largest absolute Gasteiger partial charge is 0.465 e. The zero-order valence-electron chi connectivity index (χ0n) is 14.5. The highest BCUT2D eigenvalue weighted by Gasteiger charge is 2.22. The number of carbonyl (C=O) groups is 2. The van der Waals surface area contributed by atoms with Crippen LogP contribution < -0.4 is 5.32 Å². The van der Waals surface area contributed by atoms with Gasteiger partial charge in [0.15, 0.2) is 0 Å². The molecule has 1 amide bonds. The van der Waals surface area contributed by atoms with Crippen molar-refractivity contribution in [2.24, 2.45) is 5.92 Å². The highest BCUT2D eigenvalue weighted by Crippen LogP contribution is 2.31. The molecule has 6 heteroatoms. The molecule has 0 aliphatic rings. The van der Waals surface area contributed by atoms with E-state index in [9.17, 15) is 9.59 Å². The first-order valence-electron chi connectivity index (χ1n) is 7.92. The molecule has 1 heterocycles. The van der Waals surface area contributed by atoms with E-state index < -0.39 is 5.97 Å². The molecule has 2 aromatic rings. The van der Waals surface area contributed by atoms with Crippen molar-refractivity contribution in [3.63, 3.8) is 0 Å². The van der Waals surface area contributed by atoms with Gasteiger partial charge in [0.2, 0.25) is 0 Å². The van der Waals surface area contributed by atoms with Crippen molar-refractivity contribution >= 4 is 28.2 Å². The van der Waals surface area contributed by atoms with Crippen LogP contribution in [0.2, 0.25) is 0 Å². The van der Waals surface area contributed by atoms with Gasteiger partial charge in [-0.1, -0.05) is 26.0 Å². The molecule has 1 aromatic carbocycles. The van der Waals surface area contributed by atoms with E-state index >= 15 is 0 Å². The summed E-state index contributed by atoms with van der Waals surface area (Å²) in [5.74, 6) is -0.391. The Hall–Kier alpha value is -2.65. The number of nitriles is 1. The molecule has 0 radical (unpaired) electrons. The molecular weight excluding hydrogens is 336 g/mol. The molecule has 25 heavy (non-hydrogen) atoms. The van der Waals surface area contributed by atoms with Crippen LogP contribution in [0.15, 0.2) is 29.6 Å². The van der Waals surface area contributed by atoms with E-state index in [4.69, 9.17) is 10.00 Å². The normalized spacial score (nSPS) is 10.4. The summed E-state index contributed by atoms with van der Waals surface area (Å²) in [5, 5.41) is 14.0. The second kappa shape index (κ2) is 8.45. The maximum Gasteiger partial charge on any atom is 0.341 e. The second-order valence-electron chi connectivity index (χ2n) is 6.04. The first kappa shape index (κ1) is 18.7. The zero-order valence-corrected chi connectivity index (χ0v) is 15.3. The number of thiophene rings is 1. The highest BCUT2D eigenvalue weighted by molar-refractivity contribution is 7.15. The number of rotatable bonds is 6. The Morgan fingerprint density at radius 3 is 2.76 bits per heavy atom. The molecule has 0 saturated carbocycles. The average Bonchev–Trinajstić information content (AvgIpc) is 2.96. The summed E-state index contributed by atoms with van der Waals surface area (Å²) in [6.45, 7) is 4.13. The number of nitrogens with one attached hydrogen (secondary N) is 1. The lowest BCUT2D eigenvalue weighted by molar-refractivity contribution is 0.0601. The first-order valence-corrected chi connectivity index (χ1v) is 8.80. The van der Waals surface area contributed by atoms with Gasteiger partial charge in [-0.25, -0.2) is 4.79 Å². The molecule has 0 saturated heterocycles. The van der Waals surface area contributed by atoms with Gasteiger partial charge < -0.3 is 10.1 Å². The minimum Gasteiger partial charge on any atom is -0.465 e. The first-order chi connectivity index (χ1) is 12.0. The molecule has 1 N–H and O–H groups in total. The number of ether oxygens (including phenoxy) is 1. The summed E-state index contributed by atoms with van der Waals surface area (Å²) >= 11 is 1.31. The Labute approximate surface area is 151 Å². The topological polar surface area (TPSA) is 79.2 Å². The summed E-state index contributed by atoms with van der Waals surface area (Å²) in [6, 6.07) is 8.95. The Kier molecular flexibility index (Phi) is 6.31. The smallest absolute Gasteiger partial charge is 0.341 e. The standard InChI is InChI=1S/C19H20N2O3S/c1-12(2)9-15-11-25-18(16(15)19(23)24-3)21-17(22)14-6-4-5-13(10-14)7-8-20/h4-6,10-12H,7,9H2,1-3H3,(H,21,22). The summed E-state index contributed by atoms with van der Waals surface area (Å²) in [4.78, 5) is 24.7. The molecule has 0 fully saturated rings. The second-order valence-corrected chi connectivity index (χ2v) is 6.92. The number of amides is 1. The van der Waals surface area contributed by atoms with Gasteiger partial charge in [-0.05, 0) is 41.0 Å². The predicted octanol–water partition coefficient (Wildman–Crippen LogP) is 4.05. The van der Waals surface area contributed by atoms with Crippen molar-refractivity contribution in [3.8, 4) is 6.07 Å². The van der Waals surface area contributed by atoms with Gasteiger partial charge in [-0.2, -0.15) is 5.26 Å². The Bertz CT molecular complexity index is 818. The third kappa shape index (κ3) is 4.68. The van der Waals surface area contributed by atoms with Crippen molar-refractivity contribution in [3.05, 3.63) is 51.9 Å². The fourth-order valence-electron chi connectivity index (χ4n) is 2.49. The minimum atomic E-state index is -0.453. The minimum absolute atomic E-state index is 0.242. The van der Waals surface area contributed by atoms with Crippen LogP contribution in [-0.2, 0) is 17.6 Å². The van der Waals surface area contributed by atoms with Gasteiger partial charge in [-0.15, -0.1) is 11.3 Å². The SMILES string of the molecule is COC(=O)c1c(CC(C)C)csc1NC(=O)c1cccc(CC#N)c1. The molecule has 130 valence electrons. The number of methoxy groups -OCH3 is 1. The molecule has 0 spiro atoms. The molecule has 2 rings (SSSR count). The van der Waals surface area contributed by atoms with Gasteiger partial charge in [0.05, 0.1) is 25.2 Å². The van der Waals surface area contributed by atoms with Gasteiger partial charge >= 0.3 is 5.97 Å². The van der Waals surface area contributed by atoms with Crippen LogP contribution in [0.3, 0.4) is 0 Å². The molecule has 0 aliphatic carbocycles. The number of benzene rings is 1. The van der Waals surface area contributed by atoms with Crippen LogP contribution in [0.1, 0.15) is 45.7 Å². The van der Waals surface area contributed by atoms with Crippen LogP contribution in [0.25, 0.3) is 0 Å². The van der Waals surface area contributed by atoms with E-state index in [0.717, 1.165) is 17.5 Å². The molecule has 0 unspecified atom stereocenters. The van der Waals surface area contributed by atoms with Crippen molar-refractivity contribution in [2.75, 3.05) is 12.4 Å². The average molecular weight is 356 g/mol. The van der Waals surface area contributed by atoms with Crippen LogP contribution in [0.5, 0.6) is 0 Å². The van der Waals surface area contributed by atoms with Crippen LogP contribution in [0, 0.1) is 17.2 Å². The summed E-state index contributed by atoms with van der Waals surface area (Å²) in [6.07, 6.45) is 0.973. The van der Waals surface area contributed by atoms with Gasteiger partial charge in [0.25, 0.3) is 5.91 Å². The quantitative estimate of drug-likeness (QED) is 0.792. The Balaban J connectivity index is 2.29. The van der Waals surface area contributed by atoms with Crippen molar-refractivity contribution in [2.45, 2.75) is 26.7 Å². The third-order valence-electron chi connectivity index (χ3n) is 3.58. The lowest BCUT2D eigenvalue weighted by Crippen LogP contribution is -2.15. The summed E-state index contributed by atoms with van der Waals surface area (Å²) < 4.78 is 4.88. The number of hydrogen-bond acceptors (Lipinski definition) is 5. The Morgan fingerprint density at radius 2 is 2.12 bits per heavy atom. The highest BCUT2D eigenvalue weighted by atomic mass is 32.1. The molecule has 1 aromatic heterocycles. The van der Waals surface area contributed by atoms with E-state index in [-0.39, 0.29) is 12.3 Å². The summed E-state index contributed by atoms with van der Waals surface area (Å²) in [5.41, 5.74) is 2.51. The van der Waals surface area contributed by atoms with E-state index in [0.29, 0.717) is 22.0 Å². The van der Waals surface area contributed by atoms with E-state index in [1.807, 2.05) is 5.38 Å². The van der Waals surface area contributed by atoms with Crippen molar-refractivity contribution in [1.29, 1.82) is 5.26 Å². The van der Waals surface area contributed by atoms with Gasteiger partial charge in [-0.3, -0.25) is 4.79 Å². The monoisotopic (exact) mass is 356 g/mol. The molecule has 0 bridgehead atoms. The Morgan fingerprint density at radius 1 is 1.36 bits per heavy atom. The van der Waals surface area contributed by atoms with Gasteiger partial charge in [0, 0.05) is 5.56 Å². The maximum absolute atomic E-state index is 12.5. The fraction of sp³-hybridized carbons (Fsp3) is 0.316. The van der Waals surface area contributed by atoms with E-state index in [1.165, 1.54) is 18.4 Å². The molecule has 0 aliphatic heterocycles. The number of anilines is 1. The van der Waals surface area contributed by atoms with Crippen molar-refractivity contribution in [1.82, 2.24) is 0 Å². The van der Waals surface area contributed by atoms with Crippen LogP contribution in [0.4, 0.5) is 5.00 Å². The van der Waals surface area contributed by atoms with Crippen LogP contribution >= 0.6 is 11.3 Å². The lowest BCUT2D eigenvalue weighted by Gasteiger charge is -2.09. The predicted molar refractivity (Wildman–Crippen MR) is 97.9 cm³/mol. The number of carbonyl (C=O) groups excluding carboxylic acids is 2. The molecule has 0 atom stereocenters. The van der Waals surface area contributed by atoms with E-state index in [1.54, 1.807) is 24.3 Å². The number of hydrogen-bond donors (Lipinski definition) is 1. The van der Waals surface area contributed by atoms with Gasteiger partial charge in [0.1, 0.15) is 5.00 Å². The number of esters is 1.